The SMILES string of the molecule is C1=C(c2ccc(-c3cnc([C@@H]4CCCN4)[nH]3)cc2)C2CCC3(CCCC3)C2C(c2cnc([C@@H]3CCCN3)[nH]2)=C1. The molecule has 2 unspecified atom stereocenters. The molecule has 4 fully saturated rings. The van der Waals surface area contributed by atoms with E-state index < -0.39 is 0 Å². The molecule has 39 heavy (non-hydrogen) atoms. The minimum atomic E-state index is 0.369. The summed E-state index contributed by atoms with van der Waals surface area (Å²) >= 11 is 0. The molecule has 4 N–H and O–H groups in total. The maximum atomic E-state index is 4.85. The largest absolute Gasteiger partial charge is 0.341 e. The molecule has 8 rings (SSSR count). The highest BCUT2D eigenvalue weighted by Gasteiger charge is 2.53. The maximum Gasteiger partial charge on any atom is 0.123 e. The highest BCUT2D eigenvalue weighted by atomic mass is 15.0. The van der Waals surface area contributed by atoms with Crippen molar-refractivity contribution >= 4 is 11.1 Å². The van der Waals surface area contributed by atoms with Gasteiger partial charge in [0.05, 0.1) is 35.9 Å². The van der Waals surface area contributed by atoms with Gasteiger partial charge in [-0.2, -0.15) is 0 Å². The van der Waals surface area contributed by atoms with Crippen LogP contribution in [-0.4, -0.2) is 33.0 Å². The standard InChI is InChI=1S/C33H40N6/c1-2-15-33(14-1)16-13-24-23(11-12-25(30(24)33)29-20-37-32(39-29)27-6-4-18-35-27)21-7-9-22(10-8-21)28-19-36-31(38-28)26-5-3-17-34-26/h7-12,19-20,24,26-27,30,34-35H,1-6,13-18H2,(H,36,38)(H,37,39)/t24?,26-,27-,30?/m0/s1. The van der Waals surface area contributed by atoms with Crippen LogP contribution in [0.1, 0.15) is 99.2 Å². The van der Waals surface area contributed by atoms with Crippen LogP contribution in [0.4, 0.5) is 0 Å². The molecular formula is C33H40N6. The van der Waals surface area contributed by atoms with Crippen molar-refractivity contribution in [1.82, 2.24) is 30.6 Å². The quantitative estimate of drug-likeness (QED) is 0.301. The van der Waals surface area contributed by atoms with Crippen LogP contribution in [0.25, 0.3) is 22.4 Å². The summed E-state index contributed by atoms with van der Waals surface area (Å²) in [5.41, 5.74) is 8.42. The van der Waals surface area contributed by atoms with Crippen LogP contribution < -0.4 is 10.6 Å². The lowest BCUT2D eigenvalue weighted by molar-refractivity contribution is 0.242. The summed E-state index contributed by atoms with van der Waals surface area (Å²) in [6, 6.07) is 9.98. The molecule has 3 aromatic rings. The lowest BCUT2D eigenvalue weighted by atomic mass is 9.66. The number of imidazole rings is 2. The molecule has 2 aromatic heterocycles. The summed E-state index contributed by atoms with van der Waals surface area (Å²) in [5, 5.41) is 7.16. The Balaban J connectivity index is 1.11. The van der Waals surface area contributed by atoms with E-state index in [4.69, 9.17) is 4.98 Å². The van der Waals surface area contributed by atoms with Crippen LogP contribution in [0, 0.1) is 17.3 Å². The number of aromatic amines is 2. The van der Waals surface area contributed by atoms with Crippen molar-refractivity contribution in [2.45, 2.75) is 76.3 Å². The lowest BCUT2D eigenvalue weighted by Gasteiger charge is -2.38. The second-order valence-corrected chi connectivity index (χ2v) is 12.7. The first-order valence-corrected chi connectivity index (χ1v) is 15.4. The molecule has 2 saturated heterocycles. The fraction of sp³-hybridized carbons (Fsp3) is 0.515. The normalized spacial score (nSPS) is 29.6. The van der Waals surface area contributed by atoms with Crippen molar-refractivity contribution in [3.05, 3.63) is 71.7 Å². The van der Waals surface area contributed by atoms with Gasteiger partial charge in [0.15, 0.2) is 0 Å². The van der Waals surface area contributed by atoms with Gasteiger partial charge in [-0.05, 0) is 104 Å². The smallest absolute Gasteiger partial charge is 0.123 e. The third-order valence-corrected chi connectivity index (χ3v) is 10.6. The van der Waals surface area contributed by atoms with Crippen LogP contribution in [0.5, 0.6) is 0 Å². The zero-order valence-electron chi connectivity index (χ0n) is 22.8. The van der Waals surface area contributed by atoms with Gasteiger partial charge in [-0.1, -0.05) is 49.3 Å². The molecule has 1 aromatic carbocycles. The Hall–Kier alpha value is -2.96. The Kier molecular flexibility index (Phi) is 5.88. The summed E-state index contributed by atoms with van der Waals surface area (Å²) in [7, 11) is 0. The van der Waals surface area contributed by atoms with E-state index >= 15 is 0 Å². The van der Waals surface area contributed by atoms with Crippen molar-refractivity contribution in [3.8, 4) is 11.3 Å². The highest BCUT2D eigenvalue weighted by molar-refractivity contribution is 5.81. The molecule has 5 aliphatic rings. The molecule has 4 heterocycles. The van der Waals surface area contributed by atoms with Gasteiger partial charge in [-0.3, -0.25) is 0 Å². The van der Waals surface area contributed by atoms with E-state index in [9.17, 15) is 0 Å². The van der Waals surface area contributed by atoms with Crippen molar-refractivity contribution in [3.63, 3.8) is 0 Å². The van der Waals surface area contributed by atoms with Crippen LogP contribution in [0.3, 0.4) is 0 Å². The Morgan fingerprint density at radius 1 is 0.641 bits per heavy atom. The fourth-order valence-corrected chi connectivity index (χ4v) is 8.69. The van der Waals surface area contributed by atoms with E-state index in [1.165, 1.54) is 85.8 Å². The molecule has 2 saturated carbocycles. The summed E-state index contributed by atoms with van der Waals surface area (Å²) < 4.78 is 0. The number of nitrogens with one attached hydrogen (secondary N) is 4. The number of hydrogen-bond acceptors (Lipinski definition) is 4. The number of benzene rings is 1. The number of fused-ring (bicyclic) bond motifs is 2. The van der Waals surface area contributed by atoms with E-state index in [1.807, 2.05) is 6.20 Å². The van der Waals surface area contributed by atoms with Gasteiger partial charge in [-0.25, -0.2) is 9.97 Å². The molecule has 3 aliphatic carbocycles. The minimum absolute atomic E-state index is 0.369. The first kappa shape index (κ1) is 23.9. The summed E-state index contributed by atoms with van der Waals surface area (Å²) in [6.07, 6.45) is 21.9. The maximum absolute atomic E-state index is 4.85. The zero-order chi connectivity index (χ0) is 25.8. The number of hydrogen-bond donors (Lipinski definition) is 4. The van der Waals surface area contributed by atoms with Crippen molar-refractivity contribution in [1.29, 1.82) is 0 Å². The predicted octanol–water partition coefficient (Wildman–Crippen LogP) is 6.72. The highest BCUT2D eigenvalue weighted by Crippen LogP contribution is 2.64. The molecule has 0 amide bonds. The average Bonchev–Trinajstić information content (AvgIpc) is 3.82. The number of aromatic nitrogens is 4. The monoisotopic (exact) mass is 520 g/mol. The molecule has 4 atom stereocenters. The molecular weight excluding hydrogens is 480 g/mol. The lowest BCUT2D eigenvalue weighted by Crippen LogP contribution is -2.29. The number of allylic oxidation sites excluding steroid dienone is 4. The number of H-pyrrole nitrogens is 2. The van der Waals surface area contributed by atoms with E-state index in [2.05, 4.69) is 68.2 Å². The van der Waals surface area contributed by atoms with Crippen molar-refractivity contribution < 1.29 is 0 Å². The van der Waals surface area contributed by atoms with Crippen LogP contribution in [0.15, 0.2) is 48.8 Å². The van der Waals surface area contributed by atoms with E-state index in [0.29, 0.717) is 29.3 Å². The second kappa shape index (κ2) is 9.60. The van der Waals surface area contributed by atoms with Crippen molar-refractivity contribution in [2.24, 2.45) is 17.3 Å². The van der Waals surface area contributed by atoms with E-state index in [0.717, 1.165) is 36.9 Å². The average molecular weight is 521 g/mol. The molecule has 6 nitrogen and oxygen atoms in total. The topological polar surface area (TPSA) is 81.4 Å². The summed E-state index contributed by atoms with van der Waals surface area (Å²) in [6.45, 7) is 2.19. The second-order valence-electron chi connectivity index (χ2n) is 12.7. The van der Waals surface area contributed by atoms with E-state index in [-0.39, 0.29) is 0 Å². The Morgan fingerprint density at radius 3 is 1.92 bits per heavy atom. The van der Waals surface area contributed by atoms with Gasteiger partial charge in [0, 0.05) is 0 Å². The van der Waals surface area contributed by atoms with Gasteiger partial charge in [0.2, 0.25) is 0 Å². The van der Waals surface area contributed by atoms with Gasteiger partial charge < -0.3 is 20.6 Å². The molecule has 0 radical (unpaired) electrons. The van der Waals surface area contributed by atoms with Crippen LogP contribution in [-0.2, 0) is 0 Å². The summed E-state index contributed by atoms with van der Waals surface area (Å²) in [4.78, 5) is 16.9. The van der Waals surface area contributed by atoms with Gasteiger partial charge in [0.25, 0.3) is 0 Å². The third kappa shape index (κ3) is 4.06. The molecule has 0 bridgehead atoms. The van der Waals surface area contributed by atoms with Crippen molar-refractivity contribution in [2.75, 3.05) is 13.1 Å². The Labute approximate surface area is 231 Å². The first-order chi connectivity index (χ1) is 19.3. The molecule has 2 aliphatic heterocycles. The third-order valence-electron chi connectivity index (χ3n) is 10.6. The van der Waals surface area contributed by atoms with E-state index in [1.54, 1.807) is 0 Å². The molecule has 202 valence electrons. The van der Waals surface area contributed by atoms with Gasteiger partial charge in [-0.15, -0.1) is 0 Å². The van der Waals surface area contributed by atoms with Crippen LogP contribution >= 0.6 is 0 Å². The number of nitrogens with zero attached hydrogens (tertiary/aromatic N) is 2. The molecule has 6 heteroatoms. The predicted molar refractivity (Wildman–Crippen MR) is 156 cm³/mol. The zero-order valence-corrected chi connectivity index (χ0v) is 22.8. The van der Waals surface area contributed by atoms with Gasteiger partial charge in [0.1, 0.15) is 11.6 Å². The fourth-order valence-electron chi connectivity index (χ4n) is 8.69. The van der Waals surface area contributed by atoms with Crippen LogP contribution in [0.2, 0.25) is 0 Å². The van der Waals surface area contributed by atoms with Gasteiger partial charge >= 0.3 is 0 Å². The summed E-state index contributed by atoms with van der Waals surface area (Å²) in [5.74, 6) is 3.35. The number of rotatable bonds is 5. The Morgan fingerprint density at radius 2 is 1.26 bits per heavy atom. The Bertz CT molecular complexity index is 1390. The first-order valence-electron chi connectivity index (χ1n) is 15.4. The minimum Gasteiger partial charge on any atom is -0.341 e. The molecule has 1 spiro atoms.